The molecule has 0 aromatic rings. The average Bonchev–Trinajstić information content (AvgIpc) is 0.650. The van der Waals surface area contributed by atoms with Crippen molar-refractivity contribution in [3.8, 4) is 0 Å². The lowest BCUT2D eigenvalue weighted by Gasteiger charge is -2.36. The van der Waals surface area contributed by atoms with Gasteiger partial charge in [-0.1, -0.05) is 0 Å². The third kappa shape index (κ3) is 41.0. The fourth-order valence-electron chi connectivity index (χ4n) is 0. The van der Waals surface area contributed by atoms with E-state index in [1.807, 2.05) is 0 Å². The van der Waals surface area contributed by atoms with E-state index < -0.39 is 3.50 Å². The van der Waals surface area contributed by atoms with Crippen LogP contribution in [0.1, 0.15) is 0 Å². The first kappa shape index (κ1) is 7.81. The van der Waals surface area contributed by atoms with E-state index in [0.29, 0.717) is 0 Å². The molecule has 0 radical (unpaired) electrons. The lowest BCUT2D eigenvalue weighted by Crippen LogP contribution is -1.87. The van der Waals surface area contributed by atoms with Crippen LogP contribution in [-0.2, 0) is 0 Å². The maximum atomic E-state index is 2.53. The monoisotopic (exact) mass is 332 g/mol. The molecular formula is C3H10I2S. The smallest absolute Gasteiger partial charge is 0.0338 e. The van der Waals surface area contributed by atoms with Crippen molar-refractivity contribution in [3.63, 3.8) is 0 Å². The van der Waals surface area contributed by atoms with Crippen LogP contribution in [0.4, 0.5) is 0 Å². The van der Waals surface area contributed by atoms with Crippen molar-refractivity contribution in [2.75, 3.05) is 18.8 Å². The Morgan fingerprint density at radius 2 is 1.00 bits per heavy atom. The summed E-state index contributed by atoms with van der Waals surface area (Å²) >= 11 is 5.06. The molecule has 0 nitrogen and oxygen atoms in total. The summed E-state index contributed by atoms with van der Waals surface area (Å²) in [7, 11) is 0. The quantitative estimate of drug-likeness (QED) is 0.512. The Morgan fingerprint density at radius 3 is 1.00 bits per heavy atom. The summed E-state index contributed by atoms with van der Waals surface area (Å²) in [6.45, 7) is 0. The highest BCUT2D eigenvalue weighted by Gasteiger charge is 2.12. The molecule has 0 spiro atoms. The summed E-state index contributed by atoms with van der Waals surface area (Å²) < 4.78 is -1.11. The van der Waals surface area contributed by atoms with E-state index in [4.69, 9.17) is 0 Å². The van der Waals surface area contributed by atoms with E-state index in [1.54, 1.807) is 0 Å². The summed E-state index contributed by atoms with van der Waals surface area (Å²) in [6, 6.07) is 0. The van der Waals surface area contributed by atoms with Crippen LogP contribution in [0.5, 0.6) is 0 Å². The maximum absolute atomic E-state index is 2.53. The van der Waals surface area contributed by atoms with Gasteiger partial charge in [0.2, 0.25) is 0 Å². The normalized spacial score (nSPS) is 19.2. The van der Waals surface area contributed by atoms with Crippen molar-refractivity contribution in [2.45, 2.75) is 0 Å². The van der Waals surface area contributed by atoms with Crippen LogP contribution in [-0.4, -0.2) is 18.8 Å². The summed E-state index contributed by atoms with van der Waals surface area (Å²) in [4.78, 5) is 0. The number of thiol groups is 1. The van der Waals surface area contributed by atoms with Crippen molar-refractivity contribution in [1.82, 2.24) is 0 Å². The van der Waals surface area contributed by atoms with Gasteiger partial charge < -0.3 is 0 Å². The fraction of sp³-hybridized carbons (Fsp3) is 1.00. The van der Waals surface area contributed by atoms with Crippen LogP contribution in [0.15, 0.2) is 0 Å². The SMILES string of the molecule is C[SH](C)(C)(I)I. The van der Waals surface area contributed by atoms with Crippen molar-refractivity contribution in [3.05, 3.63) is 0 Å². The zero-order chi connectivity index (χ0) is 5.45. The highest BCUT2D eigenvalue weighted by atomic mass is 127. The standard InChI is InChI=1S/C3H10I2S/c1-6(2,3,4)5/h6H,1-3H3. The highest BCUT2D eigenvalue weighted by Crippen LogP contribution is 2.74. The second-order valence-corrected chi connectivity index (χ2v) is 33.1. The Morgan fingerprint density at radius 1 is 1.00 bits per heavy atom. The van der Waals surface area contributed by atoms with Crippen LogP contribution < -0.4 is 0 Å². The molecule has 0 aliphatic rings. The van der Waals surface area contributed by atoms with Crippen LogP contribution in [0.2, 0.25) is 0 Å². The summed E-state index contributed by atoms with van der Waals surface area (Å²) in [5.74, 6) is 0. The molecule has 0 fully saturated rings. The molecule has 0 saturated heterocycles. The van der Waals surface area contributed by atoms with Gasteiger partial charge in [0.25, 0.3) is 0 Å². The molecule has 0 amide bonds. The minimum absolute atomic E-state index is 1.11. The molecule has 0 N–H and O–H groups in total. The predicted molar refractivity (Wildman–Crippen MR) is 54.8 cm³/mol. The van der Waals surface area contributed by atoms with E-state index in [0.717, 1.165) is 0 Å². The molecular weight excluding hydrogens is 322 g/mol. The molecule has 0 aromatic heterocycles. The first-order valence-corrected chi connectivity index (χ1v) is 10.8. The Hall–Kier alpha value is 1.81. The van der Waals surface area contributed by atoms with Gasteiger partial charge in [0.05, 0.1) is 0 Å². The minimum atomic E-state index is -1.11. The number of rotatable bonds is 0. The number of halogens is 2. The van der Waals surface area contributed by atoms with Gasteiger partial charge in [-0.25, -0.2) is 3.50 Å². The molecule has 0 aliphatic carbocycles. The number of hydrogen-bond acceptors (Lipinski definition) is 0. The molecule has 0 unspecified atom stereocenters. The van der Waals surface area contributed by atoms with Gasteiger partial charge >= 0.3 is 0 Å². The van der Waals surface area contributed by atoms with E-state index >= 15 is 0 Å². The van der Waals surface area contributed by atoms with E-state index in [9.17, 15) is 0 Å². The van der Waals surface area contributed by atoms with Crippen molar-refractivity contribution < 1.29 is 0 Å². The Bertz CT molecular complexity index is 42.0. The Kier molecular flexibility index (Phi) is 2.15. The third-order valence-electron chi connectivity index (χ3n) is 0. The lowest BCUT2D eigenvalue weighted by atomic mass is 11.9. The predicted octanol–water partition coefficient (Wildman–Crippen LogP) is 2.65. The van der Waals surface area contributed by atoms with Crippen molar-refractivity contribution in [1.29, 1.82) is 0 Å². The van der Waals surface area contributed by atoms with Crippen LogP contribution in [0.25, 0.3) is 0 Å². The topological polar surface area (TPSA) is 0 Å². The van der Waals surface area contributed by atoms with E-state index in [1.165, 1.54) is 0 Å². The largest absolute Gasteiger partial charge is 0.206 e. The fourth-order valence-corrected chi connectivity index (χ4v) is 0. The summed E-state index contributed by atoms with van der Waals surface area (Å²) in [5, 5.41) is 0. The second kappa shape index (κ2) is 1.65. The molecule has 6 heavy (non-hydrogen) atoms. The average molecular weight is 332 g/mol. The first-order chi connectivity index (χ1) is 2.24. The van der Waals surface area contributed by atoms with Crippen LogP contribution in [0, 0.1) is 0 Å². The van der Waals surface area contributed by atoms with Gasteiger partial charge in [0, 0.05) is 0 Å². The molecule has 0 bridgehead atoms. The van der Waals surface area contributed by atoms with Crippen LogP contribution >= 0.6 is 45.9 Å². The second-order valence-electron chi connectivity index (χ2n) is 2.42. The molecule has 0 aromatic carbocycles. The summed E-state index contributed by atoms with van der Waals surface area (Å²) in [5.41, 5.74) is 0. The van der Waals surface area contributed by atoms with E-state index in [2.05, 4.69) is 61.2 Å². The van der Waals surface area contributed by atoms with Gasteiger partial charge in [-0.15, -0.1) is 0 Å². The van der Waals surface area contributed by atoms with Gasteiger partial charge in [0.15, 0.2) is 0 Å². The van der Waals surface area contributed by atoms with Gasteiger partial charge in [0.1, 0.15) is 0 Å². The number of hydrogen-bond donors (Lipinski definition) is 1. The van der Waals surface area contributed by atoms with Gasteiger partial charge in [-0.2, -0.15) is 0 Å². The zero-order valence-corrected chi connectivity index (χ0v) is 9.41. The third-order valence-corrected chi connectivity index (χ3v) is 0. The maximum Gasteiger partial charge on any atom is -0.0338 e. The molecule has 3 heteroatoms. The molecule has 0 heterocycles. The molecule has 0 saturated carbocycles. The van der Waals surface area contributed by atoms with Crippen molar-refractivity contribution >= 4 is 45.9 Å². The van der Waals surface area contributed by atoms with Crippen molar-refractivity contribution in [2.24, 2.45) is 0 Å². The lowest BCUT2D eigenvalue weighted by molar-refractivity contribution is 2.18. The molecule has 0 aliphatic heterocycles. The van der Waals surface area contributed by atoms with Crippen LogP contribution in [0.3, 0.4) is 0 Å². The molecule has 42 valence electrons. The molecule has 0 rings (SSSR count). The van der Waals surface area contributed by atoms with Gasteiger partial charge in [-0.3, -0.25) is 0 Å². The van der Waals surface area contributed by atoms with Gasteiger partial charge in [-0.05, 0) is 61.2 Å². The molecule has 0 atom stereocenters. The zero-order valence-electron chi connectivity index (χ0n) is 4.20. The minimum Gasteiger partial charge on any atom is -0.206 e. The Labute approximate surface area is 63.9 Å². The Balaban J connectivity index is 3.73. The highest BCUT2D eigenvalue weighted by molar-refractivity contribution is 14.3. The van der Waals surface area contributed by atoms with E-state index in [-0.39, 0.29) is 0 Å². The first-order valence-electron chi connectivity index (χ1n) is 1.68. The summed E-state index contributed by atoms with van der Waals surface area (Å²) in [6.07, 6.45) is 6.94.